The first-order chi connectivity index (χ1) is 10.3. The summed E-state index contributed by atoms with van der Waals surface area (Å²) in [6.07, 6.45) is 2.47. The van der Waals surface area contributed by atoms with Gasteiger partial charge in [-0.25, -0.2) is 13.2 Å². The van der Waals surface area contributed by atoms with Gasteiger partial charge in [-0.05, 0) is 42.2 Å². The second-order valence-electron chi connectivity index (χ2n) is 5.03. The zero-order chi connectivity index (χ0) is 16.2. The third kappa shape index (κ3) is 4.60. The number of hydrogen-bond donors (Lipinski definition) is 2. The third-order valence-electron chi connectivity index (χ3n) is 3.20. The molecule has 0 amide bonds. The van der Waals surface area contributed by atoms with E-state index in [-0.39, 0.29) is 5.56 Å². The highest BCUT2D eigenvalue weighted by molar-refractivity contribution is 7.92. The number of carboxylic acids is 1. The Bertz CT molecular complexity index is 767. The van der Waals surface area contributed by atoms with Crippen LogP contribution < -0.4 is 4.72 Å². The van der Waals surface area contributed by atoms with E-state index in [0.29, 0.717) is 18.5 Å². The van der Waals surface area contributed by atoms with Crippen molar-refractivity contribution in [2.24, 2.45) is 0 Å². The van der Waals surface area contributed by atoms with Crippen molar-refractivity contribution >= 4 is 21.7 Å². The van der Waals surface area contributed by atoms with Crippen molar-refractivity contribution in [3.05, 3.63) is 65.2 Å². The van der Waals surface area contributed by atoms with E-state index in [0.717, 1.165) is 17.4 Å². The van der Waals surface area contributed by atoms with Crippen LogP contribution in [-0.4, -0.2) is 25.7 Å². The summed E-state index contributed by atoms with van der Waals surface area (Å²) < 4.78 is 25.2. The van der Waals surface area contributed by atoms with Crippen LogP contribution in [0.3, 0.4) is 0 Å². The zero-order valence-electron chi connectivity index (χ0n) is 12.1. The number of aromatic carboxylic acids is 1. The fourth-order valence-corrected chi connectivity index (χ4v) is 2.73. The van der Waals surface area contributed by atoms with Crippen LogP contribution >= 0.6 is 0 Å². The first kappa shape index (κ1) is 16.0. The lowest BCUT2D eigenvalue weighted by Crippen LogP contribution is -2.11. The smallest absolute Gasteiger partial charge is 0.335 e. The van der Waals surface area contributed by atoms with E-state index >= 15 is 0 Å². The van der Waals surface area contributed by atoms with Crippen LogP contribution in [-0.2, 0) is 22.9 Å². The number of rotatable bonds is 6. The highest BCUT2D eigenvalue weighted by Gasteiger charge is 2.07. The van der Waals surface area contributed by atoms with E-state index in [2.05, 4.69) is 4.72 Å². The van der Waals surface area contributed by atoms with E-state index in [1.807, 2.05) is 12.1 Å². The molecule has 2 aromatic rings. The molecule has 2 rings (SSSR count). The summed E-state index contributed by atoms with van der Waals surface area (Å²) in [6.45, 7) is 0. The highest BCUT2D eigenvalue weighted by atomic mass is 32.2. The molecule has 0 spiro atoms. The average Bonchev–Trinajstić information content (AvgIpc) is 2.45. The summed E-state index contributed by atoms with van der Waals surface area (Å²) in [4.78, 5) is 10.8. The van der Waals surface area contributed by atoms with E-state index in [1.165, 1.54) is 0 Å². The van der Waals surface area contributed by atoms with Gasteiger partial charge in [-0.2, -0.15) is 0 Å². The van der Waals surface area contributed by atoms with Crippen LogP contribution in [0.15, 0.2) is 48.5 Å². The summed E-state index contributed by atoms with van der Waals surface area (Å²) in [7, 11) is -3.31. The first-order valence-corrected chi connectivity index (χ1v) is 8.62. The average molecular weight is 319 g/mol. The number of para-hydroxylation sites is 1. The van der Waals surface area contributed by atoms with Gasteiger partial charge in [0, 0.05) is 0 Å². The van der Waals surface area contributed by atoms with Gasteiger partial charge in [-0.3, -0.25) is 4.72 Å². The molecule has 5 nitrogen and oxygen atoms in total. The van der Waals surface area contributed by atoms with Crippen LogP contribution in [0.25, 0.3) is 0 Å². The molecular weight excluding hydrogens is 302 g/mol. The van der Waals surface area contributed by atoms with Crippen molar-refractivity contribution in [2.45, 2.75) is 12.8 Å². The summed E-state index contributed by atoms with van der Waals surface area (Å²) in [6, 6.07) is 13.9. The van der Waals surface area contributed by atoms with Gasteiger partial charge >= 0.3 is 5.97 Å². The SMILES string of the molecule is CS(=O)(=O)Nc1ccccc1CCc1ccc(C(=O)O)cc1. The fourth-order valence-electron chi connectivity index (χ4n) is 2.13. The lowest BCUT2D eigenvalue weighted by Gasteiger charge is -2.10. The fraction of sp³-hybridized carbons (Fsp3) is 0.188. The lowest BCUT2D eigenvalue weighted by molar-refractivity contribution is 0.0697. The van der Waals surface area contributed by atoms with Crippen LogP contribution in [0.4, 0.5) is 5.69 Å². The van der Waals surface area contributed by atoms with E-state index in [1.54, 1.807) is 36.4 Å². The van der Waals surface area contributed by atoms with Gasteiger partial charge in [0.05, 0.1) is 17.5 Å². The molecule has 0 heterocycles. The van der Waals surface area contributed by atoms with Crippen LogP contribution in [0, 0.1) is 0 Å². The number of benzene rings is 2. The van der Waals surface area contributed by atoms with Crippen LogP contribution in [0.1, 0.15) is 21.5 Å². The van der Waals surface area contributed by atoms with Gasteiger partial charge in [-0.15, -0.1) is 0 Å². The Labute approximate surface area is 129 Å². The number of sulfonamides is 1. The number of aryl methyl sites for hydroxylation is 2. The minimum Gasteiger partial charge on any atom is -0.478 e. The molecule has 6 heteroatoms. The van der Waals surface area contributed by atoms with Crippen molar-refractivity contribution in [3.63, 3.8) is 0 Å². The van der Waals surface area contributed by atoms with E-state index in [9.17, 15) is 13.2 Å². The van der Waals surface area contributed by atoms with Gasteiger partial charge in [0.2, 0.25) is 10.0 Å². The highest BCUT2D eigenvalue weighted by Crippen LogP contribution is 2.18. The summed E-state index contributed by atoms with van der Waals surface area (Å²) in [5.41, 5.74) is 2.73. The second kappa shape index (κ2) is 6.62. The Hall–Kier alpha value is -2.34. The molecule has 2 N–H and O–H groups in total. The number of nitrogens with one attached hydrogen (secondary N) is 1. The molecule has 0 saturated heterocycles. The lowest BCUT2D eigenvalue weighted by atomic mass is 10.0. The monoisotopic (exact) mass is 319 g/mol. The van der Waals surface area contributed by atoms with Crippen LogP contribution in [0.5, 0.6) is 0 Å². The molecule has 0 aliphatic rings. The molecular formula is C16H17NO4S. The summed E-state index contributed by atoms with van der Waals surface area (Å²) in [5.74, 6) is -0.950. The number of hydrogen-bond acceptors (Lipinski definition) is 3. The number of anilines is 1. The van der Waals surface area contributed by atoms with Crippen molar-refractivity contribution in [3.8, 4) is 0 Å². The normalized spacial score (nSPS) is 11.1. The molecule has 0 saturated carbocycles. The Kier molecular flexibility index (Phi) is 4.82. The van der Waals surface area contributed by atoms with Gasteiger partial charge < -0.3 is 5.11 Å². The maximum Gasteiger partial charge on any atom is 0.335 e. The molecule has 0 unspecified atom stereocenters. The molecule has 0 atom stereocenters. The minimum absolute atomic E-state index is 0.253. The maximum atomic E-state index is 11.4. The molecule has 116 valence electrons. The quantitative estimate of drug-likeness (QED) is 0.857. The molecule has 0 aliphatic carbocycles. The zero-order valence-corrected chi connectivity index (χ0v) is 12.9. The Balaban J connectivity index is 2.10. The molecule has 0 aromatic heterocycles. The topological polar surface area (TPSA) is 83.5 Å². The van der Waals surface area contributed by atoms with E-state index < -0.39 is 16.0 Å². The molecule has 0 radical (unpaired) electrons. The Morgan fingerprint density at radius 2 is 1.68 bits per heavy atom. The molecule has 0 fully saturated rings. The largest absolute Gasteiger partial charge is 0.478 e. The minimum atomic E-state index is -3.31. The molecule has 22 heavy (non-hydrogen) atoms. The Morgan fingerprint density at radius 3 is 2.27 bits per heavy atom. The van der Waals surface area contributed by atoms with Gasteiger partial charge in [0.1, 0.15) is 0 Å². The summed E-state index contributed by atoms with van der Waals surface area (Å²) >= 11 is 0. The summed E-state index contributed by atoms with van der Waals surface area (Å²) in [5, 5.41) is 8.86. The van der Waals surface area contributed by atoms with Crippen LogP contribution in [0.2, 0.25) is 0 Å². The first-order valence-electron chi connectivity index (χ1n) is 6.73. The third-order valence-corrected chi connectivity index (χ3v) is 3.79. The standard InChI is InChI=1S/C16H17NO4S/c1-22(20,21)17-15-5-3-2-4-13(15)9-6-12-7-10-14(11-8-12)16(18)19/h2-5,7-8,10-11,17H,6,9H2,1H3,(H,18,19). The van der Waals surface area contributed by atoms with Crippen molar-refractivity contribution in [1.82, 2.24) is 0 Å². The van der Waals surface area contributed by atoms with Crippen molar-refractivity contribution in [2.75, 3.05) is 11.0 Å². The van der Waals surface area contributed by atoms with E-state index in [4.69, 9.17) is 5.11 Å². The molecule has 0 bridgehead atoms. The van der Waals surface area contributed by atoms with Crippen molar-refractivity contribution in [1.29, 1.82) is 0 Å². The van der Waals surface area contributed by atoms with Gasteiger partial charge in [-0.1, -0.05) is 30.3 Å². The predicted molar refractivity (Wildman–Crippen MR) is 85.7 cm³/mol. The predicted octanol–water partition coefficient (Wildman–Crippen LogP) is 2.54. The number of carboxylic acid groups (broad SMARTS) is 1. The van der Waals surface area contributed by atoms with Crippen molar-refractivity contribution < 1.29 is 18.3 Å². The second-order valence-corrected chi connectivity index (χ2v) is 6.78. The number of carbonyl (C=O) groups is 1. The Morgan fingerprint density at radius 1 is 1.05 bits per heavy atom. The van der Waals surface area contributed by atoms with Gasteiger partial charge in [0.25, 0.3) is 0 Å². The molecule has 2 aromatic carbocycles. The molecule has 0 aliphatic heterocycles. The van der Waals surface area contributed by atoms with Gasteiger partial charge in [0.15, 0.2) is 0 Å². The maximum absolute atomic E-state index is 11.4.